The van der Waals surface area contributed by atoms with Crippen molar-refractivity contribution in [1.82, 2.24) is 19.8 Å². The van der Waals surface area contributed by atoms with Gasteiger partial charge in [0.1, 0.15) is 5.69 Å². The van der Waals surface area contributed by atoms with Crippen molar-refractivity contribution in [1.29, 1.82) is 0 Å². The minimum absolute atomic E-state index is 0.103. The second kappa shape index (κ2) is 6.12. The first kappa shape index (κ1) is 14.0. The van der Waals surface area contributed by atoms with Crippen LogP contribution in [0.25, 0.3) is 0 Å². The summed E-state index contributed by atoms with van der Waals surface area (Å²) in [7, 11) is 1.85. The Hall–Kier alpha value is -1.47. The number of hydrogen-bond acceptors (Lipinski definition) is 4. The maximum Gasteiger partial charge on any atom is 0.271 e. The molecule has 1 aromatic heterocycles. The first-order chi connectivity index (χ1) is 9.04. The van der Waals surface area contributed by atoms with Crippen LogP contribution in [0.5, 0.6) is 0 Å². The summed E-state index contributed by atoms with van der Waals surface area (Å²) in [4.78, 5) is 18.7. The van der Waals surface area contributed by atoms with Crippen molar-refractivity contribution in [2.75, 3.05) is 19.6 Å². The SMILES string of the molecule is Cn1cnc(C(=O)NC2CCN(CC(N)=S)CC2)c1. The monoisotopic (exact) mass is 281 g/mol. The number of rotatable bonds is 4. The second-order valence-electron chi connectivity index (χ2n) is 4.91. The number of nitrogens with zero attached hydrogens (tertiary/aromatic N) is 3. The molecule has 2 heterocycles. The van der Waals surface area contributed by atoms with Gasteiger partial charge in [0.15, 0.2) is 0 Å². The maximum atomic E-state index is 11.9. The second-order valence-corrected chi connectivity index (χ2v) is 5.44. The molecule has 1 amide bonds. The number of piperidine rings is 1. The van der Waals surface area contributed by atoms with Gasteiger partial charge in [0.2, 0.25) is 0 Å². The normalized spacial score (nSPS) is 17.3. The quantitative estimate of drug-likeness (QED) is 0.754. The lowest BCUT2D eigenvalue weighted by Gasteiger charge is -2.31. The van der Waals surface area contributed by atoms with E-state index < -0.39 is 0 Å². The molecule has 0 aliphatic carbocycles. The van der Waals surface area contributed by atoms with Gasteiger partial charge >= 0.3 is 0 Å². The predicted molar refractivity (Wildman–Crippen MR) is 76.9 cm³/mol. The molecule has 0 spiro atoms. The van der Waals surface area contributed by atoms with Crippen LogP contribution >= 0.6 is 12.2 Å². The summed E-state index contributed by atoms with van der Waals surface area (Å²) in [5.41, 5.74) is 5.99. The van der Waals surface area contributed by atoms with Crippen LogP contribution in [-0.4, -0.2) is 51.0 Å². The average molecular weight is 281 g/mol. The number of nitrogens with two attached hydrogens (primary N) is 1. The van der Waals surface area contributed by atoms with Gasteiger partial charge < -0.3 is 15.6 Å². The number of amides is 1. The average Bonchev–Trinajstić information content (AvgIpc) is 2.78. The number of hydrogen-bond donors (Lipinski definition) is 2. The largest absolute Gasteiger partial charge is 0.392 e. The van der Waals surface area contributed by atoms with Crippen molar-refractivity contribution in [3.05, 3.63) is 18.2 Å². The van der Waals surface area contributed by atoms with Crippen LogP contribution in [0.2, 0.25) is 0 Å². The van der Waals surface area contributed by atoms with E-state index in [1.807, 2.05) is 7.05 Å². The van der Waals surface area contributed by atoms with Crippen LogP contribution in [0.1, 0.15) is 23.3 Å². The number of carbonyl (C=O) groups is 1. The first-order valence-electron chi connectivity index (χ1n) is 6.34. The molecule has 2 rings (SSSR count). The molecule has 1 aliphatic rings. The third kappa shape index (κ3) is 4.00. The molecule has 0 saturated carbocycles. The van der Waals surface area contributed by atoms with Crippen molar-refractivity contribution in [2.24, 2.45) is 12.8 Å². The van der Waals surface area contributed by atoms with Gasteiger partial charge in [-0.2, -0.15) is 0 Å². The molecule has 0 radical (unpaired) electrons. The molecule has 0 bridgehead atoms. The molecule has 0 unspecified atom stereocenters. The number of aryl methyl sites for hydroxylation is 1. The number of imidazole rings is 1. The van der Waals surface area contributed by atoms with E-state index in [0.29, 0.717) is 17.2 Å². The molecular weight excluding hydrogens is 262 g/mol. The predicted octanol–water partition coefficient (Wildman–Crippen LogP) is -0.0996. The van der Waals surface area contributed by atoms with E-state index in [2.05, 4.69) is 15.2 Å². The van der Waals surface area contributed by atoms with Crippen LogP contribution in [0.15, 0.2) is 12.5 Å². The molecule has 7 heteroatoms. The number of aromatic nitrogens is 2. The standard InChI is InChI=1S/C12H19N5OS/c1-16-6-10(14-8-16)12(18)15-9-2-4-17(5-3-9)7-11(13)19/h6,8-9H,2-5,7H2,1H3,(H2,13,19)(H,15,18). The van der Waals surface area contributed by atoms with Gasteiger partial charge in [0, 0.05) is 38.9 Å². The Morgan fingerprint density at radius 1 is 1.58 bits per heavy atom. The highest BCUT2D eigenvalue weighted by molar-refractivity contribution is 7.80. The molecule has 6 nitrogen and oxygen atoms in total. The summed E-state index contributed by atoms with van der Waals surface area (Å²) in [5.74, 6) is -0.103. The van der Waals surface area contributed by atoms with Crippen LogP contribution < -0.4 is 11.1 Å². The lowest BCUT2D eigenvalue weighted by atomic mass is 10.0. The fourth-order valence-electron chi connectivity index (χ4n) is 2.25. The smallest absolute Gasteiger partial charge is 0.271 e. The summed E-state index contributed by atoms with van der Waals surface area (Å²) in [6.45, 7) is 2.48. The van der Waals surface area contributed by atoms with Crippen LogP contribution in [0, 0.1) is 0 Å². The Kier molecular flexibility index (Phi) is 4.49. The molecule has 1 saturated heterocycles. The van der Waals surface area contributed by atoms with E-state index in [1.165, 1.54) is 0 Å². The fourth-order valence-corrected chi connectivity index (χ4v) is 2.43. The molecular formula is C12H19N5OS. The zero-order valence-corrected chi connectivity index (χ0v) is 11.8. The zero-order valence-electron chi connectivity index (χ0n) is 11.0. The Morgan fingerprint density at radius 2 is 2.26 bits per heavy atom. The van der Waals surface area contributed by atoms with E-state index in [9.17, 15) is 4.79 Å². The topological polar surface area (TPSA) is 76.2 Å². The summed E-state index contributed by atoms with van der Waals surface area (Å²) >= 11 is 4.90. The van der Waals surface area contributed by atoms with E-state index in [0.717, 1.165) is 25.9 Å². The number of likely N-dealkylation sites (tertiary alicyclic amines) is 1. The van der Waals surface area contributed by atoms with Gasteiger partial charge in [0.25, 0.3) is 5.91 Å². The summed E-state index contributed by atoms with van der Waals surface area (Å²) in [6, 6.07) is 0.206. The molecule has 19 heavy (non-hydrogen) atoms. The third-order valence-electron chi connectivity index (χ3n) is 3.24. The van der Waals surface area contributed by atoms with Crippen molar-refractivity contribution in [3.63, 3.8) is 0 Å². The molecule has 3 N–H and O–H groups in total. The first-order valence-corrected chi connectivity index (χ1v) is 6.75. The highest BCUT2D eigenvalue weighted by Crippen LogP contribution is 2.10. The van der Waals surface area contributed by atoms with Gasteiger partial charge in [-0.25, -0.2) is 4.98 Å². The maximum absolute atomic E-state index is 11.9. The van der Waals surface area contributed by atoms with Gasteiger partial charge in [0.05, 0.1) is 11.3 Å². The fraction of sp³-hybridized carbons (Fsp3) is 0.583. The van der Waals surface area contributed by atoms with Gasteiger partial charge in [-0.05, 0) is 12.8 Å². The lowest BCUT2D eigenvalue weighted by molar-refractivity contribution is 0.0910. The minimum Gasteiger partial charge on any atom is -0.392 e. The van der Waals surface area contributed by atoms with Crippen molar-refractivity contribution >= 4 is 23.1 Å². The highest BCUT2D eigenvalue weighted by atomic mass is 32.1. The molecule has 104 valence electrons. The summed E-state index contributed by atoms with van der Waals surface area (Å²) in [6.07, 6.45) is 5.18. The summed E-state index contributed by atoms with van der Waals surface area (Å²) in [5, 5.41) is 3.02. The van der Waals surface area contributed by atoms with Crippen LogP contribution in [0.4, 0.5) is 0 Å². The minimum atomic E-state index is -0.103. The molecule has 0 aromatic carbocycles. The number of thiocarbonyl (C=S) groups is 1. The third-order valence-corrected chi connectivity index (χ3v) is 3.37. The summed E-state index contributed by atoms with van der Waals surface area (Å²) < 4.78 is 1.76. The Morgan fingerprint density at radius 3 is 2.79 bits per heavy atom. The van der Waals surface area contributed by atoms with E-state index in [-0.39, 0.29) is 11.9 Å². The van der Waals surface area contributed by atoms with E-state index in [4.69, 9.17) is 18.0 Å². The number of nitrogens with one attached hydrogen (secondary N) is 1. The molecule has 1 aliphatic heterocycles. The van der Waals surface area contributed by atoms with E-state index in [1.54, 1.807) is 17.1 Å². The van der Waals surface area contributed by atoms with Crippen molar-refractivity contribution in [2.45, 2.75) is 18.9 Å². The van der Waals surface area contributed by atoms with Gasteiger partial charge in [-0.15, -0.1) is 0 Å². The Bertz CT molecular complexity index is 464. The Labute approximate surface area is 118 Å². The Balaban J connectivity index is 1.79. The van der Waals surface area contributed by atoms with Gasteiger partial charge in [-0.1, -0.05) is 12.2 Å². The lowest BCUT2D eigenvalue weighted by Crippen LogP contribution is -2.46. The highest BCUT2D eigenvalue weighted by Gasteiger charge is 2.21. The van der Waals surface area contributed by atoms with Crippen LogP contribution in [0.3, 0.4) is 0 Å². The van der Waals surface area contributed by atoms with Gasteiger partial charge in [-0.3, -0.25) is 9.69 Å². The van der Waals surface area contributed by atoms with Crippen molar-refractivity contribution in [3.8, 4) is 0 Å². The molecule has 0 atom stereocenters. The number of carbonyl (C=O) groups excluding carboxylic acids is 1. The molecule has 1 aromatic rings. The zero-order chi connectivity index (χ0) is 13.8. The van der Waals surface area contributed by atoms with E-state index >= 15 is 0 Å². The van der Waals surface area contributed by atoms with Crippen molar-refractivity contribution < 1.29 is 4.79 Å². The van der Waals surface area contributed by atoms with Crippen LogP contribution in [-0.2, 0) is 7.05 Å². The molecule has 1 fully saturated rings.